The highest BCUT2D eigenvalue weighted by Crippen LogP contribution is 2.02. The van der Waals surface area contributed by atoms with Crippen LogP contribution in [0.25, 0.3) is 0 Å². The van der Waals surface area contributed by atoms with E-state index in [0.717, 1.165) is 0 Å². The number of methoxy groups -OCH3 is 1. The topological polar surface area (TPSA) is 61.8 Å². The Morgan fingerprint density at radius 3 is 2.39 bits per heavy atom. The van der Waals surface area contributed by atoms with Crippen molar-refractivity contribution in [3.05, 3.63) is 0 Å². The van der Waals surface area contributed by atoms with Gasteiger partial charge in [0.25, 0.3) is 0 Å². The van der Waals surface area contributed by atoms with Gasteiger partial charge in [-0.05, 0) is 13.3 Å². The van der Waals surface area contributed by atoms with Gasteiger partial charge in [0.1, 0.15) is 6.61 Å². The van der Waals surface area contributed by atoms with E-state index in [1.165, 1.54) is 7.11 Å². The summed E-state index contributed by atoms with van der Waals surface area (Å²) in [5.74, 6) is 4.59. The summed E-state index contributed by atoms with van der Waals surface area (Å²) in [7, 11) is 1.52. The number of hydrogen-bond acceptors (Lipinski definition) is 5. The number of rotatable bonds is 8. The van der Waals surface area contributed by atoms with E-state index in [0.29, 0.717) is 13.0 Å². The Bertz CT molecular complexity index is 313. The summed E-state index contributed by atoms with van der Waals surface area (Å²) in [5, 5.41) is 0. The van der Waals surface area contributed by atoms with Crippen LogP contribution in [-0.2, 0) is 23.8 Å². The Labute approximate surface area is 108 Å². The van der Waals surface area contributed by atoms with Crippen molar-refractivity contribution in [2.45, 2.75) is 39.2 Å². The lowest BCUT2D eigenvalue weighted by molar-refractivity contribution is -0.152. The van der Waals surface area contributed by atoms with Crippen molar-refractivity contribution in [3.63, 3.8) is 0 Å². The van der Waals surface area contributed by atoms with Crippen molar-refractivity contribution in [1.82, 2.24) is 0 Å². The molecule has 102 valence electrons. The molecule has 0 heterocycles. The van der Waals surface area contributed by atoms with Gasteiger partial charge in [-0.1, -0.05) is 12.8 Å². The van der Waals surface area contributed by atoms with Crippen molar-refractivity contribution in [3.8, 4) is 11.8 Å². The molecular weight excluding hydrogens is 236 g/mol. The third-order valence-electron chi connectivity index (χ3n) is 2.03. The maximum Gasteiger partial charge on any atom is 0.307 e. The zero-order chi connectivity index (χ0) is 13.8. The van der Waals surface area contributed by atoms with Crippen LogP contribution in [-0.4, -0.2) is 38.4 Å². The van der Waals surface area contributed by atoms with Gasteiger partial charge < -0.3 is 14.2 Å². The number of ether oxygens (including phenoxy) is 3. The van der Waals surface area contributed by atoms with E-state index in [4.69, 9.17) is 14.2 Å². The molecule has 0 aliphatic rings. The summed E-state index contributed by atoms with van der Waals surface area (Å²) in [6.45, 7) is 4.11. The molecule has 5 heteroatoms. The first-order valence-electron chi connectivity index (χ1n) is 5.90. The first-order valence-corrected chi connectivity index (χ1v) is 5.90. The van der Waals surface area contributed by atoms with Crippen molar-refractivity contribution in [1.29, 1.82) is 0 Å². The standard InChI is InChI=1S/C13H20O5/c1-4-6-11(5-2)18-13(15)8-7-12(14)17-10-9-16-3/h11H,5,7-10H2,1-3H3. The van der Waals surface area contributed by atoms with Gasteiger partial charge in [0, 0.05) is 7.11 Å². The van der Waals surface area contributed by atoms with Gasteiger partial charge in [-0.15, -0.1) is 5.92 Å². The molecule has 0 aliphatic carbocycles. The monoisotopic (exact) mass is 256 g/mol. The van der Waals surface area contributed by atoms with Crippen LogP contribution in [0.4, 0.5) is 0 Å². The SMILES string of the molecule is CC#CC(CC)OC(=O)CCC(=O)OCCOC. The maximum atomic E-state index is 11.4. The van der Waals surface area contributed by atoms with Crippen molar-refractivity contribution in [2.24, 2.45) is 0 Å². The van der Waals surface area contributed by atoms with Gasteiger partial charge in [0.15, 0.2) is 6.10 Å². The number of carbonyl (C=O) groups is 2. The molecule has 0 bridgehead atoms. The third kappa shape index (κ3) is 8.59. The van der Waals surface area contributed by atoms with E-state index >= 15 is 0 Å². The Kier molecular flexibility index (Phi) is 9.70. The molecule has 0 aromatic rings. The summed E-state index contributed by atoms with van der Waals surface area (Å²) in [4.78, 5) is 22.6. The van der Waals surface area contributed by atoms with E-state index in [1.807, 2.05) is 6.92 Å². The second-order valence-electron chi connectivity index (χ2n) is 3.49. The summed E-state index contributed by atoms with van der Waals surface area (Å²) >= 11 is 0. The van der Waals surface area contributed by atoms with Crippen LogP contribution in [0.2, 0.25) is 0 Å². The molecule has 0 aromatic heterocycles. The molecule has 0 saturated carbocycles. The third-order valence-corrected chi connectivity index (χ3v) is 2.03. The zero-order valence-electron chi connectivity index (χ0n) is 11.2. The van der Waals surface area contributed by atoms with Crippen molar-refractivity contribution < 1.29 is 23.8 Å². The van der Waals surface area contributed by atoms with Gasteiger partial charge in [0.05, 0.1) is 19.4 Å². The summed E-state index contributed by atoms with van der Waals surface area (Å²) in [5.41, 5.74) is 0. The molecular formula is C13H20O5. The predicted octanol–water partition coefficient (Wildman–Crippen LogP) is 1.30. The highest BCUT2D eigenvalue weighted by molar-refractivity contribution is 5.77. The molecule has 0 spiro atoms. The van der Waals surface area contributed by atoms with E-state index < -0.39 is 18.0 Å². The fraction of sp³-hybridized carbons (Fsp3) is 0.692. The number of esters is 2. The molecule has 0 N–H and O–H groups in total. The lowest BCUT2D eigenvalue weighted by atomic mass is 10.2. The number of hydrogen-bond donors (Lipinski definition) is 0. The minimum Gasteiger partial charge on any atom is -0.463 e. The normalized spacial score (nSPS) is 11.1. The molecule has 1 unspecified atom stereocenters. The highest BCUT2D eigenvalue weighted by atomic mass is 16.6. The molecule has 0 saturated heterocycles. The van der Waals surface area contributed by atoms with Crippen molar-refractivity contribution >= 4 is 11.9 Å². The second kappa shape index (κ2) is 10.6. The van der Waals surface area contributed by atoms with E-state index in [1.54, 1.807) is 6.92 Å². The molecule has 0 aliphatic heterocycles. The average Bonchev–Trinajstić information content (AvgIpc) is 2.36. The smallest absolute Gasteiger partial charge is 0.307 e. The van der Waals surface area contributed by atoms with Gasteiger partial charge >= 0.3 is 11.9 Å². The van der Waals surface area contributed by atoms with Crippen LogP contribution in [0.1, 0.15) is 33.1 Å². The highest BCUT2D eigenvalue weighted by Gasteiger charge is 2.12. The lowest BCUT2D eigenvalue weighted by Gasteiger charge is -2.09. The van der Waals surface area contributed by atoms with Gasteiger partial charge in [-0.3, -0.25) is 9.59 Å². The largest absolute Gasteiger partial charge is 0.463 e. The van der Waals surface area contributed by atoms with Crippen LogP contribution >= 0.6 is 0 Å². The summed E-state index contributed by atoms with van der Waals surface area (Å²) < 4.78 is 14.6. The molecule has 18 heavy (non-hydrogen) atoms. The molecule has 0 fully saturated rings. The van der Waals surface area contributed by atoms with E-state index in [-0.39, 0.29) is 19.4 Å². The molecule has 0 aromatic carbocycles. The van der Waals surface area contributed by atoms with Crippen LogP contribution in [0, 0.1) is 11.8 Å². The maximum absolute atomic E-state index is 11.4. The minimum absolute atomic E-state index is 0.00765. The fourth-order valence-corrected chi connectivity index (χ4v) is 1.11. The molecule has 5 nitrogen and oxygen atoms in total. The molecule has 0 amide bonds. The zero-order valence-corrected chi connectivity index (χ0v) is 11.2. The van der Waals surface area contributed by atoms with Crippen LogP contribution in [0.15, 0.2) is 0 Å². The lowest BCUT2D eigenvalue weighted by Crippen LogP contribution is -2.17. The van der Waals surface area contributed by atoms with Crippen molar-refractivity contribution in [2.75, 3.05) is 20.3 Å². The quantitative estimate of drug-likeness (QED) is 0.372. The van der Waals surface area contributed by atoms with Gasteiger partial charge in [-0.2, -0.15) is 0 Å². The van der Waals surface area contributed by atoms with Crippen LogP contribution in [0.5, 0.6) is 0 Å². The van der Waals surface area contributed by atoms with Gasteiger partial charge in [-0.25, -0.2) is 0 Å². The van der Waals surface area contributed by atoms with E-state index in [9.17, 15) is 9.59 Å². The van der Waals surface area contributed by atoms with Gasteiger partial charge in [0.2, 0.25) is 0 Å². The average molecular weight is 256 g/mol. The second-order valence-corrected chi connectivity index (χ2v) is 3.49. The Balaban J connectivity index is 3.80. The Hall–Kier alpha value is -1.54. The fourth-order valence-electron chi connectivity index (χ4n) is 1.11. The first-order chi connectivity index (χ1) is 8.63. The molecule has 0 radical (unpaired) electrons. The Morgan fingerprint density at radius 1 is 1.17 bits per heavy atom. The van der Waals surface area contributed by atoms with Crippen LogP contribution in [0.3, 0.4) is 0 Å². The molecule has 0 rings (SSSR count). The first kappa shape index (κ1) is 16.5. The summed E-state index contributed by atoms with van der Waals surface area (Å²) in [6.07, 6.45) is 0.254. The summed E-state index contributed by atoms with van der Waals surface area (Å²) in [6, 6.07) is 0. The Morgan fingerprint density at radius 2 is 1.83 bits per heavy atom. The van der Waals surface area contributed by atoms with E-state index in [2.05, 4.69) is 11.8 Å². The number of carbonyl (C=O) groups excluding carboxylic acids is 2. The minimum atomic E-state index is -0.437. The van der Waals surface area contributed by atoms with Crippen LogP contribution < -0.4 is 0 Å². The molecule has 1 atom stereocenters. The predicted molar refractivity (Wildman–Crippen MR) is 65.7 cm³/mol.